The third kappa shape index (κ3) is 8.37. The SMILES string of the molecule is c1ccc(Oc2ccccc2Oc2c(Oc3ccc(Oc4cccc(-c5cccc(-c6ccccc6)c5)c4)cc3)cccc2-c2cccc(-c3ccccc3)c2)cc1. The Hall–Kier alpha value is -7.82. The van der Waals surface area contributed by atoms with Gasteiger partial charge in [0.05, 0.1) is 0 Å². The fourth-order valence-electron chi connectivity index (χ4n) is 6.86. The lowest BCUT2D eigenvalue weighted by Gasteiger charge is -2.19. The van der Waals surface area contributed by atoms with Crippen molar-refractivity contribution in [2.24, 2.45) is 0 Å². The Bertz CT molecular complexity index is 2760. The van der Waals surface area contributed by atoms with Gasteiger partial charge >= 0.3 is 0 Å². The highest BCUT2D eigenvalue weighted by Gasteiger charge is 2.18. The van der Waals surface area contributed by atoms with Gasteiger partial charge in [0, 0.05) is 5.56 Å². The minimum absolute atomic E-state index is 0.552. The van der Waals surface area contributed by atoms with Crippen LogP contribution in [-0.2, 0) is 0 Å². The summed E-state index contributed by atoms with van der Waals surface area (Å²) in [6.07, 6.45) is 0. The molecule has 58 heavy (non-hydrogen) atoms. The summed E-state index contributed by atoms with van der Waals surface area (Å²) in [5.41, 5.74) is 8.65. The fourth-order valence-corrected chi connectivity index (χ4v) is 6.86. The first-order chi connectivity index (χ1) is 28.7. The molecule has 0 saturated carbocycles. The van der Waals surface area contributed by atoms with E-state index in [2.05, 4.69) is 103 Å². The van der Waals surface area contributed by atoms with Crippen LogP contribution in [0.4, 0.5) is 0 Å². The Labute approximate surface area is 338 Å². The highest BCUT2D eigenvalue weighted by Crippen LogP contribution is 2.46. The van der Waals surface area contributed by atoms with Gasteiger partial charge in [-0.2, -0.15) is 0 Å². The molecule has 4 nitrogen and oxygen atoms in total. The zero-order valence-electron chi connectivity index (χ0n) is 31.6. The maximum absolute atomic E-state index is 6.82. The number of hydrogen-bond acceptors (Lipinski definition) is 4. The molecule has 9 aromatic carbocycles. The van der Waals surface area contributed by atoms with Crippen LogP contribution in [0.2, 0.25) is 0 Å². The second-order valence-corrected chi connectivity index (χ2v) is 13.7. The zero-order valence-corrected chi connectivity index (χ0v) is 31.6. The maximum atomic E-state index is 6.82. The maximum Gasteiger partial charge on any atom is 0.177 e. The molecule has 0 fully saturated rings. The normalized spacial score (nSPS) is 10.8. The summed E-state index contributed by atoms with van der Waals surface area (Å²) >= 11 is 0. The molecule has 9 rings (SSSR count). The topological polar surface area (TPSA) is 36.9 Å². The molecule has 0 spiro atoms. The van der Waals surface area contributed by atoms with E-state index in [0.717, 1.165) is 39.1 Å². The summed E-state index contributed by atoms with van der Waals surface area (Å²) in [6, 6.07) is 76.9. The van der Waals surface area contributed by atoms with E-state index < -0.39 is 0 Å². The van der Waals surface area contributed by atoms with E-state index in [-0.39, 0.29) is 0 Å². The molecule has 0 amide bonds. The minimum atomic E-state index is 0.552. The van der Waals surface area contributed by atoms with Gasteiger partial charge in [0.25, 0.3) is 0 Å². The quantitative estimate of drug-likeness (QED) is 0.125. The summed E-state index contributed by atoms with van der Waals surface area (Å²) in [4.78, 5) is 0. The van der Waals surface area contributed by atoms with E-state index >= 15 is 0 Å². The van der Waals surface area contributed by atoms with Crippen molar-refractivity contribution < 1.29 is 18.9 Å². The van der Waals surface area contributed by atoms with Crippen molar-refractivity contribution in [3.8, 4) is 90.5 Å². The molecule has 0 aromatic heterocycles. The molecule has 0 bridgehead atoms. The van der Waals surface area contributed by atoms with E-state index in [1.807, 2.05) is 127 Å². The Morgan fingerprint density at radius 3 is 1.22 bits per heavy atom. The van der Waals surface area contributed by atoms with E-state index in [1.165, 1.54) is 11.1 Å². The van der Waals surface area contributed by atoms with E-state index in [4.69, 9.17) is 18.9 Å². The molecule has 0 aliphatic heterocycles. The molecule has 0 radical (unpaired) electrons. The van der Waals surface area contributed by atoms with Gasteiger partial charge in [-0.15, -0.1) is 0 Å². The first-order valence-electron chi connectivity index (χ1n) is 19.2. The number of benzene rings is 9. The van der Waals surface area contributed by atoms with Crippen LogP contribution in [0.3, 0.4) is 0 Å². The third-order valence-electron chi connectivity index (χ3n) is 9.72. The molecule has 0 unspecified atom stereocenters. The molecular weight excluding hydrogens is 713 g/mol. The van der Waals surface area contributed by atoms with Crippen molar-refractivity contribution in [1.82, 2.24) is 0 Å². The van der Waals surface area contributed by atoms with E-state index in [0.29, 0.717) is 40.2 Å². The van der Waals surface area contributed by atoms with Gasteiger partial charge in [-0.3, -0.25) is 0 Å². The summed E-state index contributed by atoms with van der Waals surface area (Å²) in [6.45, 7) is 0. The average molecular weight is 751 g/mol. The predicted octanol–water partition coefficient (Wildman–Crippen LogP) is 15.5. The number of rotatable bonds is 12. The molecule has 0 aliphatic carbocycles. The van der Waals surface area contributed by atoms with Crippen LogP contribution in [0.1, 0.15) is 0 Å². The second kappa shape index (κ2) is 16.9. The van der Waals surface area contributed by atoms with Crippen LogP contribution in [0.5, 0.6) is 46.0 Å². The van der Waals surface area contributed by atoms with Gasteiger partial charge in [0.15, 0.2) is 23.0 Å². The predicted molar refractivity (Wildman–Crippen MR) is 234 cm³/mol. The molecule has 278 valence electrons. The second-order valence-electron chi connectivity index (χ2n) is 13.7. The first-order valence-corrected chi connectivity index (χ1v) is 19.2. The Kier molecular flexibility index (Phi) is 10.5. The van der Waals surface area contributed by atoms with Gasteiger partial charge in [-0.1, -0.05) is 152 Å². The zero-order chi connectivity index (χ0) is 38.9. The molecular formula is C54H38O4. The van der Waals surface area contributed by atoms with E-state index in [1.54, 1.807) is 0 Å². The van der Waals surface area contributed by atoms with Crippen LogP contribution in [0.25, 0.3) is 44.5 Å². The molecule has 0 atom stereocenters. The van der Waals surface area contributed by atoms with Gasteiger partial charge < -0.3 is 18.9 Å². The average Bonchev–Trinajstić information content (AvgIpc) is 3.29. The molecule has 0 aliphatic rings. The van der Waals surface area contributed by atoms with Crippen molar-refractivity contribution >= 4 is 0 Å². The summed E-state index contributed by atoms with van der Waals surface area (Å²) < 4.78 is 26.1. The minimum Gasteiger partial charge on any atom is -0.457 e. The lowest BCUT2D eigenvalue weighted by molar-refractivity contribution is 0.395. The Morgan fingerprint density at radius 2 is 0.586 bits per heavy atom. The van der Waals surface area contributed by atoms with Crippen molar-refractivity contribution in [3.05, 3.63) is 231 Å². The van der Waals surface area contributed by atoms with Crippen molar-refractivity contribution in [3.63, 3.8) is 0 Å². The molecule has 4 heteroatoms. The van der Waals surface area contributed by atoms with Gasteiger partial charge in [-0.05, 0) is 118 Å². The van der Waals surface area contributed by atoms with Crippen molar-refractivity contribution in [1.29, 1.82) is 0 Å². The number of hydrogen-bond donors (Lipinski definition) is 0. The lowest BCUT2D eigenvalue weighted by Crippen LogP contribution is -1.96. The molecule has 0 saturated heterocycles. The summed E-state index contributed by atoms with van der Waals surface area (Å²) in [5.74, 6) is 5.04. The standard InChI is InChI=1S/C54H38O4/c1-4-16-39(17-5-1)41-20-12-22-43(36-41)44-23-14-27-49(38-44)55-47-32-34-48(35-33-47)57-53-31-15-28-50(45-24-13-21-42(37-45)40-18-6-2-7-19-40)54(53)58-52-30-11-10-29-51(52)56-46-25-8-3-9-26-46/h1-38H. The Morgan fingerprint density at radius 1 is 0.207 bits per heavy atom. The van der Waals surface area contributed by atoms with Crippen LogP contribution < -0.4 is 18.9 Å². The highest BCUT2D eigenvalue weighted by molar-refractivity contribution is 5.79. The van der Waals surface area contributed by atoms with E-state index in [9.17, 15) is 0 Å². The molecule has 0 heterocycles. The summed E-state index contributed by atoms with van der Waals surface area (Å²) in [5, 5.41) is 0. The monoisotopic (exact) mass is 750 g/mol. The van der Waals surface area contributed by atoms with Crippen LogP contribution in [-0.4, -0.2) is 0 Å². The number of ether oxygens (including phenoxy) is 4. The van der Waals surface area contributed by atoms with Crippen molar-refractivity contribution in [2.45, 2.75) is 0 Å². The van der Waals surface area contributed by atoms with Crippen LogP contribution in [0, 0.1) is 0 Å². The van der Waals surface area contributed by atoms with Crippen molar-refractivity contribution in [2.75, 3.05) is 0 Å². The Balaban J connectivity index is 1.00. The fraction of sp³-hybridized carbons (Fsp3) is 0. The first kappa shape index (κ1) is 35.9. The van der Waals surface area contributed by atoms with Gasteiger partial charge in [0.1, 0.15) is 23.0 Å². The third-order valence-corrected chi connectivity index (χ3v) is 9.72. The molecule has 9 aromatic rings. The smallest absolute Gasteiger partial charge is 0.177 e. The number of para-hydroxylation sites is 4. The lowest BCUT2D eigenvalue weighted by atomic mass is 9.98. The van der Waals surface area contributed by atoms with Crippen LogP contribution in [0.15, 0.2) is 231 Å². The highest BCUT2D eigenvalue weighted by atomic mass is 16.5. The van der Waals surface area contributed by atoms with Gasteiger partial charge in [-0.25, -0.2) is 0 Å². The van der Waals surface area contributed by atoms with Gasteiger partial charge in [0.2, 0.25) is 0 Å². The molecule has 0 N–H and O–H groups in total. The van der Waals surface area contributed by atoms with Crippen LogP contribution >= 0.6 is 0 Å². The largest absolute Gasteiger partial charge is 0.457 e. The summed E-state index contributed by atoms with van der Waals surface area (Å²) in [7, 11) is 0.